The molecule has 0 aliphatic carbocycles. The summed E-state index contributed by atoms with van der Waals surface area (Å²) in [7, 11) is 0. The van der Waals surface area contributed by atoms with Gasteiger partial charge in [-0.05, 0) is 31.2 Å². The number of anilines is 1. The van der Waals surface area contributed by atoms with Crippen LogP contribution < -0.4 is 10.6 Å². The molecule has 0 unspecified atom stereocenters. The number of nitrogens with zero attached hydrogens (tertiary/aromatic N) is 1. The first-order chi connectivity index (χ1) is 7.74. The maximum atomic E-state index is 7.72. The molecule has 4 heteroatoms. The molecule has 0 atom stereocenters. The zero-order valence-corrected chi connectivity index (χ0v) is 10.3. The molecule has 1 saturated heterocycles. The van der Waals surface area contributed by atoms with Crippen LogP contribution in [-0.4, -0.2) is 25.2 Å². The molecule has 0 spiro atoms. The Morgan fingerprint density at radius 3 is 2.62 bits per heavy atom. The first kappa shape index (κ1) is 11.3. The third-order valence-electron chi connectivity index (χ3n) is 2.94. The molecule has 3 N–H and O–H groups in total. The molecule has 0 bridgehead atoms. The summed E-state index contributed by atoms with van der Waals surface area (Å²) in [4.78, 5) is 3.42. The quantitative estimate of drug-likeness (QED) is 0.480. The number of nitrogens with two attached hydrogens (primary N) is 1. The fourth-order valence-corrected chi connectivity index (χ4v) is 2.82. The van der Waals surface area contributed by atoms with Crippen LogP contribution >= 0.6 is 11.8 Å². The van der Waals surface area contributed by atoms with Crippen molar-refractivity contribution in [3.8, 4) is 0 Å². The van der Waals surface area contributed by atoms with E-state index in [1.54, 1.807) is 11.8 Å². The summed E-state index contributed by atoms with van der Waals surface area (Å²) in [5, 5.41) is 7.72. The predicted octanol–water partition coefficient (Wildman–Crippen LogP) is 2.29. The molecule has 3 nitrogen and oxygen atoms in total. The Morgan fingerprint density at radius 1 is 1.38 bits per heavy atom. The van der Waals surface area contributed by atoms with E-state index >= 15 is 0 Å². The fraction of sp³-hybridized carbons (Fsp3) is 0.417. The molecule has 16 heavy (non-hydrogen) atoms. The summed E-state index contributed by atoms with van der Waals surface area (Å²) < 4.78 is 0. The van der Waals surface area contributed by atoms with Gasteiger partial charge in [-0.3, -0.25) is 5.41 Å². The first-order valence-electron chi connectivity index (χ1n) is 5.50. The molecule has 0 saturated carbocycles. The smallest absolute Gasteiger partial charge is 0.126 e. The summed E-state index contributed by atoms with van der Waals surface area (Å²) in [5.74, 6) is 0.173. The highest BCUT2D eigenvalue weighted by Gasteiger charge is 2.18. The van der Waals surface area contributed by atoms with E-state index in [0.29, 0.717) is 0 Å². The van der Waals surface area contributed by atoms with E-state index in [1.165, 1.54) is 12.8 Å². The molecule has 1 heterocycles. The van der Waals surface area contributed by atoms with Gasteiger partial charge < -0.3 is 10.6 Å². The number of thioether (sulfide) groups is 1. The molecule has 0 radical (unpaired) electrons. The second-order valence-electron chi connectivity index (χ2n) is 3.96. The molecule has 1 aliphatic heterocycles. The van der Waals surface area contributed by atoms with Gasteiger partial charge in [0.05, 0.1) is 5.56 Å². The van der Waals surface area contributed by atoms with Gasteiger partial charge in [-0.15, -0.1) is 11.8 Å². The largest absolute Gasteiger partial charge is 0.384 e. The normalized spacial score (nSPS) is 15.4. The molecular formula is C12H17N3S. The average molecular weight is 235 g/mol. The van der Waals surface area contributed by atoms with Crippen molar-refractivity contribution in [2.75, 3.05) is 24.2 Å². The Balaban J connectivity index is 2.46. The number of rotatable bonds is 3. The highest BCUT2D eigenvalue weighted by Crippen LogP contribution is 2.31. The van der Waals surface area contributed by atoms with E-state index < -0.39 is 0 Å². The molecule has 86 valence electrons. The van der Waals surface area contributed by atoms with E-state index in [0.717, 1.165) is 29.2 Å². The minimum Gasteiger partial charge on any atom is -0.384 e. The second-order valence-corrected chi connectivity index (χ2v) is 4.81. The number of nitrogen functional groups attached to an aromatic ring is 1. The molecular weight excluding hydrogens is 218 g/mol. The number of amidine groups is 1. The van der Waals surface area contributed by atoms with Crippen molar-refractivity contribution >= 4 is 23.3 Å². The van der Waals surface area contributed by atoms with E-state index in [4.69, 9.17) is 11.1 Å². The first-order valence-corrected chi connectivity index (χ1v) is 6.73. The van der Waals surface area contributed by atoms with Crippen LogP contribution in [0.3, 0.4) is 0 Å². The van der Waals surface area contributed by atoms with Crippen molar-refractivity contribution in [2.24, 2.45) is 5.73 Å². The van der Waals surface area contributed by atoms with Gasteiger partial charge in [-0.1, -0.05) is 6.07 Å². The summed E-state index contributed by atoms with van der Waals surface area (Å²) in [6.45, 7) is 2.16. The lowest BCUT2D eigenvalue weighted by molar-refractivity contribution is 0.949. The van der Waals surface area contributed by atoms with Crippen molar-refractivity contribution in [3.63, 3.8) is 0 Å². The lowest BCUT2D eigenvalue weighted by atomic mass is 10.1. The Hall–Kier alpha value is -1.16. The van der Waals surface area contributed by atoms with Crippen LogP contribution in [0.1, 0.15) is 18.4 Å². The van der Waals surface area contributed by atoms with Gasteiger partial charge in [-0.2, -0.15) is 0 Å². The van der Waals surface area contributed by atoms with Gasteiger partial charge in [0.25, 0.3) is 0 Å². The van der Waals surface area contributed by atoms with E-state index in [2.05, 4.69) is 11.0 Å². The average Bonchev–Trinajstić information content (AvgIpc) is 2.81. The van der Waals surface area contributed by atoms with E-state index in [9.17, 15) is 0 Å². The maximum Gasteiger partial charge on any atom is 0.126 e. The highest BCUT2D eigenvalue weighted by atomic mass is 32.2. The Labute approximate surface area is 101 Å². The molecule has 1 aromatic rings. The van der Waals surface area contributed by atoms with Crippen LogP contribution in [0.25, 0.3) is 0 Å². The lowest BCUT2D eigenvalue weighted by Gasteiger charge is -2.22. The van der Waals surface area contributed by atoms with Gasteiger partial charge in [0.1, 0.15) is 5.84 Å². The minimum absolute atomic E-state index is 0.173. The van der Waals surface area contributed by atoms with Crippen molar-refractivity contribution in [1.82, 2.24) is 0 Å². The van der Waals surface area contributed by atoms with Crippen LogP contribution in [-0.2, 0) is 0 Å². The van der Waals surface area contributed by atoms with Crippen molar-refractivity contribution < 1.29 is 0 Å². The van der Waals surface area contributed by atoms with Crippen LogP contribution in [0.2, 0.25) is 0 Å². The van der Waals surface area contributed by atoms with Crippen molar-refractivity contribution in [2.45, 2.75) is 17.7 Å². The third-order valence-corrected chi connectivity index (χ3v) is 3.72. The summed E-state index contributed by atoms with van der Waals surface area (Å²) >= 11 is 1.65. The van der Waals surface area contributed by atoms with Gasteiger partial charge >= 0.3 is 0 Å². The Bertz CT molecular complexity index is 397. The molecule has 2 rings (SSSR count). The van der Waals surface area contributed by atoms with Crippen LogP contribution in [0.5, 0.6) is 0 Å². The zero-order valence-electron chi connectivity index (χ0n) is 9.49. The van der Waals surface area contributed by atoms with E-state index in [-0.39, 0.29) is 5.84 Å². The Morgan fingerprint density at radius 2 is 2.06 bits per heavy atom. The van der Waals surface area contributed by atoms with E-state index in [1.807, 2.05) is 18.4 Å². The molecule has 0 amide bonds. The highest BCUT2D eigenvalue weighted by molar-refractivity contribution is 7.98. The number of nitrogens with one attached hydrogen (secondary N) is 1. The number of benzene rings is 1. The summed E-state index contributed by atoms with van der Waals surface area (Å²) in [6.07, 6.45) is 4.50. The predicted molar refractivity (Wildman–Crippen MR) is 70.7 cm³/mol. The van der Waals surface area contributed by atoms with Gasteiger partial charge in [-0.25, -0.2) is 0 Å². The molecule has 0 aromatic heterocycles. The molecule has 1 aliphatic rings. The van der Waals surface area contributed by atoms with Gasteiger partial charge in [0, 0.05) is 23.7 Å². The van der Waals surface area contributed by atoms with Crippen molar-refractivity contribution in [1.29, 1.82) is 5.41 Å². The zero-order chi connectivity index (χ0) is 11.5. The van der Waals surface area contributed by atoms with Crippen LogP contribution in [0.15, 0.2) is 23.1 Å². The standard InChI is InChI=1S/C12H17N3S/c1-16-10-6-4-5-9(11(10)12(13)14)15-7-2-3-8-15/h4-6H,2-3,7-8H2,1H3,(H3,13,14). The lowest BCUT2D eigenvalue weighted by Crippen LogP contribution is -2.23. The van der Waals surface area contributed by atoms with Gasteiger partial charge in [0.15, 0.2) is 0 Å². The fourth-order valence-electron chi connectivity index (χ4n) is 2.18. The Kier molecular flexibility index (Phi) is 3.39. The van der Waals surface area contributed by atoms with Crippen LogP contribution in [0.4, 0.5) is 5.69 Å². The minimum atomic E-state index is 0.173. The van der Waals surface area contributed by atoms with Gasteiger partial charge in [0.2, 0.25) is 0 Å². The SMILES string of the molecule is CSc1cccc(N2CCCC2)c1C(=N)N. The number of hydrogen-bond donors (Lipinski definition) is 2. The van der Waals surface area contributed by atoms with Crippen molar-refractivity contribution in [3.05, 3.63) is 23.8 Å². The number of hydrogen-bond acceptors (Lipinski definition) is 3. The molecule has 1 aromatic carbocycles. The van der Waals surface area contributed by atoms with Crippen LogP contribution in [0, 0.1) is 5.41 Å². The monoisotopic (exact) mass is 235 g/mol. The maximum absolute atomic E-state index is 7.72. The summed E-state index contributed by atoms with van der Waals surface area (Å²) in [6, 6.07) is 6.15. The topological polar surface area (TPSA) is 53.1 Å². The molecule has 1 fully saturated rings. The second kappa shape index (κ2) is 4.78. The summed E-state index contributed by atoms with van der Waals surface area (Å²) in [5.41, 5.74) is 7.72. The third kappa shape index (κ3) is 2.02.